The van der Waals surface area contributed by atoms with Gasteiger partial charge >= 0.3 is 0 Å². The molecule has 2 nitrogen and oxygen atoms in total. The summed E-state index contributed by atoms with van der Waals surface area (Å²) in [5.41, 5.74) is -0.629. The molecule has 0 spiro atoms. The summed E-state index contributed by atoms with van der Waals surface area (Å²) in [6, 6.07) is 2.38. The van der Waals surface area contributed by atoms with E-state index in [1.807, 2.05) is 13.8 Å². The second-order valence-corrected chi connectivity index (χ2v) is 5.18. The number of hydrogen-bond donors (Lipinski definition) is 0. The van der Waals surface area contributed by atoms with Crippen molar-refractivity contribution in [1.82, 2.24) is 0 Å². The highest BCUT2D eigenvalue weighted by Crippen LogP contribution is 2.25. The molecular formula is C11H10BrF2NO. The fraction of sp³-hybridized carbons (Fsp3) is 0.364. The quantitative estimate of drug-likeness (QED) is 0.777. The maximum Gasteiger partial charge on any atom is 0.222 e. The van der Waals surface area contributed by atoms with Crippen molar-refractivity contribution in [3.8, 4) is 0 Å². The van der Waals surface area contributed by atoms with Gasteiger partial charge in [-0.3, -0.25) is 0 Å². The van der Waals surface area contributed by atoms with Crippen molar-refractivity contribution in [3.05, 3.63) is 33.8 Å². The van der Waals surface area contributed by atoms with Gasteiger partial charge in [0, 0.05) is 4.47 Å². The van der Waals surface area contributed by atoms with E-state index in [1.165, 1.54) is 12.1 Å². The van der Waals surface area contributed by atoms with Gasteiger partial charge in [0.15, 0.2) is 0 Å². The van der Waals surface area contributed by atoms with Crippen LogP contribution in [0.1, 0.15) is 19.4 Å². The van der Waals surface area contributed by atoms with Crippen molar-refractivity contribution in [3.63, 3.8) is 0 Å². The molecular weight excluding hydrogens is 280 g/mol. The Kier molecular flexibility index (Phi) is 2.74. The monoisotopic (exact) mass is 289 g/mol. The van der Waals surface area contributed by atoms with Crippen LogP contribution in [0.5, 0.6) is 0 Å². The predicted molar refractivity (Wildman–Crippen MR) is 60.6 cm³/mol. The fourth-order valence-electron chi connectivity index (χ4n) is 1.46. The maximum absolute atomic E-state index is 13.6. The molecule has 1 aliphatic heterocycles. The van der Waals surface area contributed by atoms with E-state index in [9.17, 15) is 8.78 Å². The summed E-state index contributed by atoms with van der Waals surface area (Å²) in [6.07, 6.45) is 0. The minimum atomic E-state index is -0.677. The summed E-state index contributed by atoms with van der Waals surface area (Å²) < 4.78 is 32.7. The molecule has 0 unspecified atom stereocenters. The molecule has 1 aliphatic rings. The van der Waals surface area contributed by atoms with Crippen molar-refractivity contribution in [2.75, 3.05) is 6.61 Å². The highest BCUT2D eigenvalue weighted by Gasteiger charge is 2.30. The smallest absolute Gasteiger partial charge is 0.222 e. The summed E-state index contributed by atoms with van der Waals surface area (Å²) in [5, 5.41) is 0. The molecule has 2 rings (SSSR count). The number of ether oxygens (including phenoxy) is 1. The third-order valence-corrected chi connectivity index (χ3v) is 2.64. The molecule has 1 heterocycles. The van der Waals surface area contributed by atoms with E-state index >= 15 is 0 Å². The van der Waals surface area contributed by atoms with Crippen LogP contribution in [0.3, 0.4) is 0 Å². The van der Waals surface area contributed by atoms with Crippen molar-refractivity contribution in [2.45, 2.75) is 19.4 Å². The highest BCUT2D eigenvalue weighted by atomic mass is 79.9. The van der Waals surface area contributed by atoms with E-state index in [-0.39, 0.29) is 11.5 Å². The Hall–Kier alpha value is -0.970. The lowest BCUT2D eigenvalue weighted by atomic mass is 10.1. The van der Waals surface area contributed by atoms with Crippen LogP contribution in [0.4, 0.5) is 8.78 Å². The fourth-order valence-corrected chi connectivity index (χ4v) is 1.86. The number of hydrogen-bond acceptors (Lipinski definition) is 2. The van der Waals surface area contributed by atoms with Gasteiger partial charge in [0.25, 0.3) is 0 Å². The Bertz CT molecular complexity index is 448. The van der Waals surface area contributed by atoms with Gasteiger partial charge in [0.2, 0.25) is 5.90 Å². The van der Waals surface area contributed by atoms with Gasteiger partial charge in [-0.15, -0.1) is 0 Å². The first kappa shape index (κ1) is 11.5. The van der Waals surface area contributed by atoms with Gasteiger partial charge in [0.1, 0.15) is 23.8 Å². The first-order valence-corrected chi connectivity index (χ1v) is 5.56. The minimum absolute atomic E-state index is 0.0347. The number of nitrogens with zero attached hydrogens (tertiary/aromatic N) is 1. The molecule has 0 amide bonds. The third kappa shape index (κ3) is 2.09. The molecule has 1 aromatic rings. The zero-order valence-corrected chi connectivity index (χ0v) is 10.4. The molecule has 0 aliphatic carbocycles. The van der Waals surface area contributed by atoms with E-state index in [2.05, 4.69) is 20.9 Å². The molecule has 0 bridgehead atoms. The van der Waals surface area contributed by atoms with Crippen LogP contribution >= 0.6 is 15.9 Å². The van der Waals surface area contributed by atoms with Crippen LogP contribution in [0.15, 0.2) is 21.6 Å². The number of halogens is 3. The first-order chi connectivity index (χ1) is 7.39. The second-order valence-electron chi connectivity index (χ2n) is 4.26. The van der Waals surface area contributed by atoms with Crippen molar-refractivity contribution in [1.29, 1.82) is 0 Å². The molecule has 5 heteroatoms. The lowest BCUT2D eigenvalue weighted by Gasteiger charge is -2.07. The number of rotatable bonds is 1. The second kappa shape index (κ2) is 3.80. The van der Waals surface area contributed by atoms with Crippen LogP contribution in [-0.4, -0.2) is 18.0 Å². The standard InChI is InChI=1S/C11H10BrF2NO/c1-11(2)5-16-10(15-11)9-7(13)3-6(12)4-8(9)14/h3-4H,5H2,1-2H3. The van der Waals surface area contributed by atoms with E-state index in [0.717, 1.165) is 0 Å². The average Bonchev–Trinajstić information content (AvgIpc) is 2.44. The van der Waals surface area contributed by atoms with Gasteiger partial charge in [-0.25, -0.2) is 13.8 Å². The molecule has 86 valence electrons. The van der Waals surface area contributed by atoms with Gasteiger partial charge in [-0.2, -0.15) is 0 Å². The van der Waals surface area contributed by atoms with Gasteiger partial charge in [0.05, 0.1) is 5.54 Å². The lowest BCUT2D eigenvalue weighted by Crippen LogP contribution is -2.17. The van der Waals surface area contributed by atoms with E-state index in [4.69, 9.17) is 4.74 Å². The van der Waals surface area contributed by atoms with E-state index in [0.29, 0.717) is 11.1 Å². The summed E-state index contributed by atoms with van der Waals surface area (Å²) in [4.78, 5) is 4.14. The highest BCUT2D eigenvalue weighted by molar-refractivity contribution is 9.10. The summed E-state index contributed by atoms with van der Waals surface area (Å²) in [6.45, 7) is 4.01. The Balaban J connectivity index is 2.50. The minimum Gasteiger partial charge on any atom is -0.475 e. The third-order valence-electron chi connectivity index (χ3n) is 2.19. The van der Waals surface area contributed by atoms with Crippen molar-refractivity contribution < 1.29 is 13.5 Å². The molecule has 0 saturated heterocycles. The molecule has 0 aromatic heterocycles. The van der Waals surface area contributed by atoms with Gasteiger partial charge in [-0.05, 0) is 26.0 Å². The van der Waals surface area contributed by atoms with E-state index in [1.54, 1.807) is 0 Å². The van der Waals surface area contributed by atoms with Crippen LogP contribution in [0.25, 0.3) is 0 Å². The first-order valence-electron chi connectivity index (χ1n) is 4.77. The molecule has 0 atom stereocenters. The van der Waals surface area contributed by atoms with Gasteiger partial charge in [-0.1, -0.05) is 15.9 Å². The summed E-state index contributed by atoms with van der Waals surface area (Å²) in [5.74, 6) is -1.32. The van der Waals surface area contributed by atoms with Crippen molar-refractivity contribution in [2.24, 2.45) is 4.99 Å². The zero-order chi connectivity index (χ0) is 11.9. The Morgan fingerprint density at radius 3 is 2.31 bits per heavy atom. The predicted octanol–water partition coefficient (Wildman–Crippen LogP) is 3.28. The molecule has 1 aromatic carbocycles. The van der Waals surface area contributed by atoms with Crippen LogP contribution in [-0.2, 0) is 4.74 Å². The van der Waals surface area contributed by atoms with Gasteiger partial charge < -0.3 is 4.74 Å². The Labute approximate surface area is 100 Å². The average molecular weight is 290 g/mol. The Morgan fingerprint density at radius 1 is 1.31 bits per heavy atom. The molecule has 0 radical (unpaired) electrons. The molecule has 0 N–H and O–H groups in total. The summed E-state index contributed by atoms with van der Waals surface area (Å²) in [7, 11) is 0. The largest absolute Gasteiger partial charge is 0.475 e. The molecule has 0 fully saturated rings. The van der Waals surface area contributed by atoms with Crippen LogP contribution in [0.2, 0.25) is 0 Å². The summed E-state index contributed by atoms with van der Waals surface area (Å²) >= 11 is 3.02. The van der Waals surface area contributed by atoms with Crippen LogP contribution < -0.4 is 0 Å². The number of aliphatic imine (C=N–C) groups is 1. The topological polar surface area (TPSA) is 21.6 Å². The maximum atomic E-state index is 13.6. The lowest BCUT2D eigenvalue weighted by molar-refractivity contribution is 0.278. The normalized spacial score (nSPS) is 18.2. The van der Waals surface area contributed by atoms with Crippen LogP contribution in [0, 0.1) is 11.6 Å². The SMILES string of the molecule is CC1(C)COC(c2c(F)cc(Br)cc2F)=N1. The number of benzene rings is 1. The zero-order valence-electron chi connectivity index (χ0n) is 8.85. The molecule has 0 saturated carbocycles. The Morgan fingerprint density at radius 2 is 1.88 bits per heavy atom. The van der Waals surface area contributed by atoms with Crippen molar-refractivity contribution >= 4 is 21.8 Å². The molecule has 16 heavy (non-hydrogen) atoms. The van der Waals surface area contributed by atoms with E-state index < -0.39 is 17.2 Å².